The van der Waals surface area contributed by atoms with Crippen LogP contribution in [-0.4, -0.2) is 0 Å². The number of nitrogens with one attached hydrogen (secondary N) is 1. The van der Waals surface area contributed by atoms with Gasteiger partial charge in [0.25, 0.3) is 0 Å². The normalized spacial score (nSPS) is 10.4. The van der Waals surface area contributed by atoms with Crippen LogP contribution in [-0.2, 0) is 13.0 Å². The molecule has 0 saturated heterocycles. The Labute approximate surface area is 71.4 Å². The second-order valence-corrected chi connectivity index (χ2v) is 3.75. The lowest BCUT2D eigenvalue weighted by Crippen LogP contribution is -2.19. The van der Waals surface area contributed by atoms with E-state index in [-0.39, 0.29) is 0 Å². The monoisotopic (exact) mass is 170 g/mol. The van der Waals surface area contributed by atoms with Crippen LogP contribution in [0.1, 0.15) is 23.1 Å². The largest absolute Gasteiger partial charge is 0.271 e. The first-order chi connectivity index (χ1) is 5.36. The third kappa shape index (κ3) is 2.61. The summed E-state index contributed by atoms with van der Waals surface area (Å²) >= 11 is 1.84. The maximum absolute atomic E-state index is 5.20. The van der Waals surface area contributed by atoms with Crippen molar-refractivity contribution in [1.82, 2.24) is 5.43 Å². The fourth-order valence-corrected chi connectivity index (χ4v) is 2.07. The van der Waals surface area contributed by atoms with Crippen LogP contribution in [0.25, 0.3) is 0 Å². The average Bonchev–Trinajstić information content (AvgIpc) is 2.38. The fourth-order valence-electron chi connectivity index (χ4n) is 0.999. The Bertz CT molecular complexity index is 187. The smallest absolute Gasteiger partial charge is 0.0442 e. The van der Waals surface area contributed by atoms with Crippen molar-refractivity contribution in [3.05, 3.63) is 21.9 Å². The van der Waals surface area contributed by atoms with E-state index in [2.05, 4.69) is 24.5 Å². The van der Waals surface area contributed by atoms with Crippen molar-refractivity contribution >= 4 is 11.3 Å². The van der Waals surface area contributed by atoms with Crippen LogP contribution >= 0.6 is 11.3 Å². The summed E-state index contributed by atoms with van der Waals surface area (Å²) in [5, 5.41) is 0. The van der Waals surface area contributed by atoms with Gasteiger partial charge in [-0.3, -0.25) is 11.3 Å². The molecule has 0 aliphatic rings. The van der Waals surface area contributed by atoms with E-state index in [1.54, 1.807) is 0 Å². The first kappa shape index (κ1) is 8.71. The molecule has 2 nitrogen and oxygen atoms in total. The van der Waals surface area contributed by atoms with E-state index in [9.17, 15) is 0 Å². The third-order valence-electron chi connectivity index (χ3n) is 1.49. The van der Waals surface area contributed by atoms with Gasteiger partial charge < -0.3 is 0 Å². The quantitative estimate of drug-likeness (QED) is 0.533. The van der Waals surface area contributed by atoms with E-state index in [0.29, 0.717) is 0 Å². The Morgan fingerprint density at radius 1 is 1.45 bits per heavy atom. The fraction of sp³-hybridized carbons (Fsp3) is 0.500. The van der Waals surface area contributed by atoms with Gasteiger partial charge in [0.15, 0.2) is 0 Å². The molecule has 1 aromatic heterocycles. The Kier molecular flexibility index (Phi) is 3.56. The van der Waals surface area contributed by atoms with E-state index in [4.69, 9.17) is 5.84 Å². The summed E-state index contributed by atoms with van der Waals surface area (Å²) in [7, 11) is 0. The molecule has 0 unspecified atom stereocenters. The van der Waals surface area contributed by atoms with Gasteiger partial charge in [-0.1, -0.05) is 13.3 Å². The second-order valence-electron chi connectivity index (χ2n) is 2.50. The van der Waals surface area contributed by atoms with Crippen molar-refractivity contribution in [2.24, 2.45) is 5.84 Å². The molecule has 1 heterocycles. The Balaban J connectivity index is 2.51. The third-order valence-corrected chi connectivity index (χ3v) is 2.64. The molecule has 3 heteroatoms. The number of hydrogen-bond donors (Lipinski definition) is 2. The van der Waals surface area contributed by atoms with Gasteiger partial charge in [0.1, 0.15) is 0 Å². The van der Waals surface area contributed by atoms with Gasteiger partial charge in [-0.05, 0) is 18.6 Å². The zero-order chi connectivity index (χ0) is 8.10. The van der Waals surface area contributed by atoms with E-state index >= 15 is 0 Å². The standard InChI is InChI=1S/C8H14N2S/c1-2-3-7-4-5-8(11-7)6-10-9/h4-5,10H,2-3,6,9H2,1H3. The molecule has 0 atom stereocenters. The summed E-state index contributed by atoms with van der Waals surface area (Å²) in [6.07, 6.45) is 2.41. The summed E-state index contributed by atoms with van der Waals surface area (Å²) in [5.41, 5.74) is 2.65. The van der Waals surface area contributed by atoms with Crippen LogP contribution in [0.2, 0.25) is 0 Å². The van der Waals surface area contributed by atoms with Gasteiger partial charge in [0.2, 0.25) is 0 Å². The summed E-state index contributed by atoms with van der Waals surface area (Å²) in [6.45, 7) is 2.98. The Morgan fingerprint density at radius 2 is 2.18 bits per heavy atom. The van der Waals surface area contributed by atoms with Crippen LogP contribution in [0.15, 0.2) is 12.1 Å². The van der Waals surface area contributed by atoms with Gasteiger partial charge in [-0.25, -0.2) is 0 Å². The summed E-state index contributed by atoms with van der Waals surface area (Å²) in [6, 6.07) is 4.32. The number of hydrazine groups is 1. The molecular formula is C8H14N2S. The lowest BCUT2D eigenvalue weighted by molar-refractivity contribution is 0.751. The second kappa shape index (κ2) is 4.49. The van der Waals surface area contributed by atoms with Gasteiger partial charge in [0, 0.05) is 16.3 Å². The van der Waals surface area contributed by atoms with Crippen molar-refractivity contribution in [2.45, 2.75) is 26.3 Å². The summed E-state index contributed by atoms with van der Waals surface area (Å²) < 4.78 is 0. The van der Waals surface area contributed by atoms with Gasteiger partial charge in [-0.2, -0.15) is 0 Å². The molecule has 62 valence electrons. The maximum Gasteiger partial charge on any atom is 0.0442 e. The van der Waals surface area contributed by atoms with E-state index in [1.807, 2.05) is 11.3 Å². The number of rotatable bonds is 4. The molecule has 11 heavy (non-hydrogen) atoms. The minimum Gasteiger partial charge on any atom is -0.271 e. The zero-order valence-corrected chi connectivity index (χ0v) is 7.58. The highest BCUT2D eigenvalue weighted by Gasteiger charge is 1.96. The van der Waals surface area contributed by atoms with Crippen molar-refractivity contribution in [2.75, 3.05) is 0 Å². The first-order valence-electron chi connectivity index (χ1n) is 3.88. The van der Waals surface area contributed by atoms with Gasteiger partial charge >= 0.3 is 0 Å². The van der Waals surface area contributed by atoms with Crippen molar-refractivity contribution < 1.29 is 0 Å². The van der Waals surface area contributed by atoms with Crippen LogP contribution in [0.3, 0.4) is 0 Å². The summed E-state index contributed by atoms with van der Waals surface area (Å²) in [4.78, 5) is 2.77. The zero-order valence-electron chi connectivity index (χ0n) is 6.76. The average molecular weight is 170 g/mol. The predicted molar refractivity (Wildman–Crippen MR) is 49.3 cm³/mol. The van der Waals surface area contributed by atoms with Gasteiger partial charge in [-0.15, -0.1) is 11.3 Å². The van der Waals surface area contributed by atoms with Crippen LogP contribution in [0.5, 0.6) is 0 Å². The van der Waals surface area contributed by atoms with Crippen LogP contribution in [0, 0.1) is 0 Å². The minimum atomic E-state index is 0.786. The number of aryl methyl sites for hydroxylation is 1. The van der Waals surface area contributed by atoms with Crippen molar-refractivity contribution in [3.63, 3.8) is 0 Å². The highest BCUT2D eigenvalue weighted by atomic mass is 32.1. The number of nitrogens with two attached hydrogens (primary N) is 1. The molecule has 0 saturated carbocycles. The number of thiophene rings is 1. The Morgan fingerprint density at radius 3 is 2.82 bits per heavy atom. The molecule has 1 aromatic rings. The highest BCUT2D eigenvalue weighted by Crippen LogP contribution is 2.17. The maximum atomic E-state index is 5.20. The topological polar surface area (TPSA) is 38.0 Å². The summed E-state index contributed by atoms with van der Waals surface area (Å²) in [5.74, 6) is 5.20. The SMILES string of the molecule is CCCc1ccc(CNN)s1. The molecule has 0 radical (unpaired) electrons. The molecule has 0 bridgehead atoms. The Hall–Kier alpha value is -0.380. The van der Waals surface area contributed by atoms with E-state index in [1.165, 1.54) is 22.6 Å². The molecular weight excluding hydrogens is 156 g/mol. The van der Waals surface area contributed by atoms with E-state index in [0.717, 1.165) is 6.54 Å². The molecule has 0 aromatic carbocycles. The van der Waals surface area contributed by atoms with Gasteiger partial charge in [0.05, 0.1) is 0 Å². The van der Waals surface area contributed by atoms with Crippen LogP contribution < -0.4 is 11.3 Å². The highest BCUT2D eigenvalue weighted by molar-refractivity contribution is 7.11. The minimum absolute atomic E-state index is 0.786. The predicted octanol–water partition coefficient (Wildman–Crippen LogP) is 1.66. The van der Waals surface area contributed by atoms with Crippen LogP contribution in [0.4, 0.5) is 0 Å². The lowest BCUT2D eigenvalue weighted by Gasteiger charge is -1.92. The first-order valence-corrected chi connectivity index (χ1v) is 4.69. The molecule has 1 rings (SSSR count). The van der Waals surface area contributed by atoms with E-state index < -0.39 is 0 Å². The molecule has 0 aliphatic heterocycles. The molecule has 0 fully saturated rings. The molecule has 0 spiro atoms. The lowest BCUT2D eigenvalue weighted by atomic mass is 10.3. The molecule has 3 N–H and O–H groups in total. The number of hydrogen-bond acceptors (Lipinski definition) is 3. The molecule has 0 amide bonds. The molecule has 0 aliphatic carbocycles. The van der Waals surface area contributed by atoms with Crippen molar-refractivity contribution in [1.29, 1.82) is 0 Å². The van der Waals surface area contributed by atoms with Crippen molar-refractivity contribution in [3.8, 4) is 0 Å².